The normalized spacial score (nSPS) is 11.6. The minimum absolute atomic E-state index is 0.0965. The van der Waals surface area contributed by atoms with Crippen LogP contribution in [-0.2, 0) is 11.0 Å². The van der Waals surface area contributed by atoms with E-state index in [-0.39, 0.29) is 22.8 Å². The number of halogens is 4. The van der Waals surface area contributed by atoms with Crippen molar-refractivity contribution < 1.29 is 27.8 Å². The lowest BCUT2D eigenvalue weighted by molar-refractivity contribution is -0.137. The summed E-state index contributed by atoms with van der Waals surface area (Å²) >= 11 is 3.21. The smallest absolute Gasteiger partial charge is 0.416 e. The maximum absolute atomic E-state index is 12.8. The predicted octanol–water partition coefficient (Wildman–Crippen LogP) is 5.12. The van der Waals surface area contributed by atoms with Crippen LogP contribution in [0.25, 0.3) is 6.08 Å². The molecule has 0 saturated carbocycles. The highest BCUT2D eigenvalue weighted by Gasteiger charge is 2.30. The second-order valence-corrected chi connectivity index (χ2v) is 6.33. The minimum Gasteiger partial charge on any atom is -0.504 e. The summed E-state index contributed by atoms with van der Waals surface area (Å²) < 4.78 is 44.0. The summed E-state index contributed by atoms with van der Waals surface area (Å²) in [5, 5.41) is 21.4. The number of rotatable bonds is 5. The van der Waals surface area contributed by atoms with Crippen LogP contribution in [-0.4, -0.2) is 17.6 Å². The van der Waals surface area contributed by atoms with Gasteiger partial charge in [0.25, 0.3) is 5.91 Å². The number of aromatic hydroxyl groups is 1. The molecule has 0 aliphatic heterocycles. The van der Waals surface area contributed by atoms with Crippen LogP contribution in [0.4, 0.5) is 18.9 Å². The number of hydrogen-bond donors (Lipinski definition) is 2. The summed E-state index contributed by atoms with van der Waals surface area (Å²) in [6, 6.07) is 8.57. The molecule has 0 aromatic heterocycles. The van der Waals surface area contributed by atoms with Gasteiger partial charge in [-0.1, -0.05) is 22.0 Å². The van der Waals surface area contributed by atoms with Gasteiger partial charge in [-0.2, -0.15) is 18.4 Å². The van der Waals surface area contributed by atoms with E-state index < -0.39 is 17.6 Å². The van der Waals surface area contributed by atoms with Crippen LogP contribution in [0, 0.1) is 11.3 Å². The summed E-state index contributed by atoms with van der Waals surface area (Å²) in [6.07, 6.45) is -3.32. The van der Waals surface area contributed by atoms with Gasteiger partial charge in [0, 0.05) is 10.2 Å². The molecule has 5 nitrogen and oxygen atoms in total. The fourth-order valence-electron chi connectivity index (χ4n) is 2.22. The van der Waals surface area contributed by atoms with E-state index in [9.17, 15) is 28.3 Å². The van der Waals surface area contributed by atoms with E-state index in [1.165, 1.54) is 24.3 Å². The molecular formula is C19H14BrF3N2O3. The topological polar surface area (TPSA) is 82.3 Å². The molecule has 2 rings (SSSR count). The van der Waals surface area contributed by atoms with Gasteiger partial charge in [-0.15, -0.1) is 0 Å². The van der Waals surface area contributed by atoms with Crippen molar-refractivity contribution >= 4 is 33.6 Å². The number of phenols is 1. The van der Waals surface area contributed by atoms with Gasteiger partial charge in [0.05, 0.1) is 12.2 Å². The molecule has 0 aliphatic carbocycles. The second kappa shape index (κ2) is 8.80. The molecule has 0 spiro atoms. The van der Waals surface area contributed by atoms with E-state index in [4.69, 9.17) is 4.74 Å². The average molecular weight is 455 g/mol. The molecule has 146 valence electrons. The molecular weight excluding hydrogens is 441 g/mol. The number of carbonyl (C=O) groups excluding carboxylic acids is 1. The summed E-state index contributed by atoms with van der Waals surface area (Å²) in [5.41, 5.74) is -0.987. The molecule has 1 amide bonds. The van der Waals surface area contributed by atoms with Crippen LogP contribution < -0.4 is 10.1 Å². The Bertz CT molecular complexity index is 966. The van der Waals surface area contributed by atoms with Gasteiger partial charge in [-0.3, -0.25) is 4.79 Å². The number of phenolic OH excluding ortho intramolecular Hbond substituents is 1. The first kappa shape index (κ1) is 21.3. The molecule has 2 aromatic rings. The van der Waals surface area contributed by atoms with Crippen LogP contribution in [0.2, 0.25) is 0 Å². The Kier molecular flexibility index (Phi) is 6.70. The second-order valence-electron chi connectivity index (χ2n) is 5.48. The van der Waals surface area contributed by atoms with Crippen molar-refractivity contribution in [2.45, 2.75) is 13.1 Å². The fraction of sp³-hybridized carbons (Fsp3) is 0.158. The Balaban J connectivity index is 2.32. The Morgan fingerprint density at radius 1 is 1.36 bits per heavy atom. The molecule has 0 aliphatic rings. The van der Waals surface area contributed by atoms with Gasteiger partial charge in [0.1, 0.15) is 11.6 Å². The lowest BCUT2D eigenvalue weighted by Gasteiger charge is -2.10. The van der Waals surface area contributed by atoms with E-state index in [0.29, 0.717) is 16.6 Å². The third-order valence-electron chi connectivity index (χ3n) is 3.49. The van der Waals surface area contributed by atoms with E-state index in [2.05, 4.69) is 21.2 Å². The van der Waals surface area contributed by atoms with Gasteiger partial charge in [0.2, 0.25) is 0 Å². The molecule has 9 heteroatoms. The van der Waals surface area contributed by atoms with Gasteiger partial charge < -0.3 is 15.2 Å². The number of amides is 1. The molecule has 0 fully saturated rings. The van der Waals surface area contributed by atoms with Gasteiger partial charge >= 0.3 is 6.18 Å². The highest BCUT2D eigenvalue weighted by atomic mass is 79.9. The number of carbonyl (C=O) groups is 1. The van der Waals surface area contributed by atoms with Gasteiger partial charge in [0.15, 0.2) is 11.5 Å². The molecule has 2 N–H and O–H groups in total. The number of nitrogens with one attached hydrogen (secondary N) is 1. The number of hydrogen-bond acceptors (Lipinski definition) is 4. The maximum Gasteiger partial charge on any atom is 0.416 e. The van der Waals surface area contributed by atoms with E-state index >= 15 is 0 Å². The molecule has 28 heavy (non-hydrogen) atoms. The summed E-state index contributed by atoms with van der Waals surface area (Å²) in [5.74, 6) is -0.843. The first-order valence-electron chi connectivity index (χ1n) is 7.91. The number of nitriles is 1. The largest absolute Gasteiger partial charge is 0.504 e. The number of nitrogens with zero attached hydrogens (tertiary/aromatic N) is 1. The molecule has 0 radical (unpaired) electrons. The van der Waals surface area contributed by atoms with Crippen molar-refractivity contribution in [1.82, 2.24) is 0 Å². The Labute approximate surface area is 167 Å². The highest BCUT2D eigenvalue weighted by molar-refractivity contribution is 9.10. The third-order valence-corrected chi connectivity index (χ3v) is 4.18. The number of benzene rings is 2. The van der Waals surface area contributed by atoms with Crippen molar-refractivity contribution in [2.24, 2.45) is 0 Å². The Hall–Kier alpha value is -2.99. The van der Waals surface area contributed by atoms with Crippen molar-refractivity contribution in [3.05, 3.63) is 57.6 Å². The number of anilines is 1. The van der Waals surface area contributed by atoms with Crippen LogP contribution in [0.5, 0.6) is 11.5 Å². The quantitative estimate of drug-likeness (QED) is 0.485. The summed E-state index contributed by atoms with van der Waals surface area (Å²) in [4.78, 5) is 12.3. The van der Waals surface area contributed by atoms with Crippen LogP contribution in [0.15, 0.2) is 46.4 Å². The molecule has 0 bridgehead atoms. The zero-order valence-electron chi connectivity index (χ0n) is 14.5. The fourth-order valence-corrected chi connectivity index (χ4v) is 2.66. The number of alkyl halides is 3. The van der Waals surface area contributed by atoms with Gasteiger partial charge in [-0.25, -0.2) is 0 Å². The van der Waals surface area contributed by atoms with Crippen LogP contribution in [0.3, 0.4) is 0 Å². The van der Waals surface area contributed by atoms with Crippen LogP contribution >= 0.6 is 15.9 Å². The average Bonchev–Trinajstić information content (AvgIpc) is 2.62. The molecule has 0 saturated heterocycles. The van der Waals surface area contributed by atoms with Crippen LogP contribution in [0.1, 0.15) is 18.1 Å². The molecule has 2 aromatic carbocycles. The van der Waals surface area contributed by atoms with Gasteiger partial charge in [-0.05, 0) is 48.9 Å². The third kappa shape index (κ3) is 5.27. The van der Waals surface area contributed by atoms with Crippen molar-refractivity contribution in [2.75, 3.05) is 11.9 Å². The summed E-state index contributed by atoms with van der Waals surface area (Å²) in [7, 11) is 0. The lowest BCUT2D eigenvalue weighted by atomic mass is 10.1. The summed E-state index contributed by atoms with van der Waals surface area (Å²) in [6.45, 7) is 2.01. The molecule has 0 heterocycles. The highest BCUT2D eigenvalue weighted by Crippen LogP contribution is 2.34. The van der Waals surface area contributed by atoms with Crippen molar-refractivity contribution in [3.63, 3.8) is 0 Å². The first-order chi connectivity index (χ1) is 13.2. The van der Waals surface area contributed by atoms with Crippen molar-refractivity contribution in [3.8, 4) is 17.6 Å². The zero-order valence-corrected chi connectivity index (χ0v) is 16.1. The molecule has 0 unspecified atom stereocenters. The zero-order chi connectivity index (χ0) is 20.9. The van der Waals surface area contributed by atoms with Crippen molar-refractivity contribution in [1.29, 1.82) is 5.26 Å². The lowest BCUT2D eigenvalue weighted by Crippen LogP contribution is -2.14. The Morgan fingerprint density at radius 2 is 2.07 bits per heavy atom. The van der Waals surface area contributed by atoms with E-state index in [1.807, 2.05) is 0 Å². The van der Waals surface area contributed by atoms with E-state index in [0.717, 1.165) is 18.2 Å². The van der Waals surface area contributed by atoms with E-state index in [1.54, 1.807) is 13.0 Å². The molecule has 0 atom stereocenters. The monoisotopic (exact) mass is 454 g/mol. The SMILES string of the molecule is CCOc1cc(/C=C(/C#N)C(=O)Nc2cccc(C(F)(F)F)c2)c(Br)cc1O. The first-order valence-corrected chi connectivity index (χ1v) is 8.70. The maximum atomic E-state index is 12.8. The number of ether oxygens (including phenoxy) is 1. The standard InChI is InChI=1S/C19H14BrF3N2O3/c1-2-28-17-7-11(15(20)9-16(17)26)6-12(10-24)18(27)25-14-5-3-4-13(8-14)19(21,22)23/h3-9,26H,2H2,1H3,(H,25,27)/b12-6-. The Morgan fingerprint density at radius 3 is 2.68 bits per heavy atom. The predicted molar refractivity (Wildman–Crippen MR) is 101 cm³/mol. The minimum atomic E-state index is -4.55.